The third-order valence-corrected chi connectivity index (χ3v) is 3.45. The Hall–Kier alpha value is -1.63. The van der Waals surface area contributed by atoms with Gasteiger partial charge in [-0.05, 0) is 12.8 Å². The molecule has 6 nitrogen and oxygen atoms in total. The first-order chi connectivity index (χ1) is 8.81. The second kappa shape index (κ2) is 6.51. The van der Waals surface area contributed by atoms with Crippen LogP contribution in [0.25, 0.3) is 0 Å². The molecule has 106 valence electrons. The molecular formula is C12H19N3O3S. The number of carboxylic acid groups (broad SMARTS) is 1. The summed E-state index contributed by atoms with van der Waals surface area (Å²) in [4.78, 5) is 28.6. The number of aromatic nitrogens is 1. The number of aliphatic carboxylic acids is 1. The lowest BCUT2D eigenvalue weighted by atomic mass is 10.1. The van der Waals surface area contributed by atoms with Gasteiger partial charge in [-0.2, -0.15) is 0 Å². The molecule has 19 heavy (non-hydrogen) atoms. The molecule has 7 heteroatoms. The summed E-state index contributed by atoms with van der Waals surface area (Å²) in [7, 11) is 1.61. The second-order valence-electron chi connectivity index (χ2n) is 4.72. The van der Waals surface area contributed by atoms with Crippen molar-refractivity contribution >= 4 is 23.3 Å². The van der Waals surface area contributed by atoms with Gasteiger partial charge in [-0.15, -0.1) is 11.3 Å². The highest BCUT2D eigenvalue weighted by atomic mass is 32.1. The smallest absolute Gasteiger partial charge is 0.326 e. The van der Waals surface area contributed by atoms with Crippen LogP contribution in [0.2, 0.25) is 0 Å². The zero-order valence-electron chi connectivity index (χ0n) is 11.5. The fraction of sp³-hybridized carbons (Fsp3) is 0.583. The van der Waals surface area contributed by atoms with Crippen molar-refractivity contribution in [3.63, 3.8) is 0 Å². The first-order valence-corrected chi connectivity index (χ1v) is 6.84. The number of carbonyl (C=O) groups is 2. The summed E-state index contributed by atoms with van der Waals surface area (Å²) in [6.45, 7) is 5.76. The SMILES string of the molecule is Cc1nc(CN(C)C(=O)NC(C(=O)O)C(C)C)cs1. The van der Waals surface area contributed by atoms with Crippen molar-refractivity contribution in [2.24, 2.45) is 5.92 Å². The van der Waals surface area contributed by atoms with Gasteiger partial charge in [-0.1, -0.05) is 13.8 Å². The molecular weight excluding hydrogens is 266 g/mol. The van der Waals surface area contributed by atoms with Gasteiger partial charge in [-0.3, -0.25) is 0 Å². The summed E-state index contributed by atoms with van der Waals surface area (Å²) < 4.78 is 0. The van der Waals surface area contributed by atoms with Crippen molar-refractivity contribution in [2.45, 2.75) is 33.4 Å². The maximum atomic E-state index is 11.9. The molecule has 0 fully saturated rings. The highest BCUT2D eigenvalue weighted by Gasteiger charge is 2.24. The number of rotatable bonds is 5. The summed E-state index contributed by atoms with van der Waals surface area (Å²) in [6, 6.07) is -1.29. The summed E-state index contributed by atoms with van der Waals surface area (Å²) in [5.74, 6) is -1.20. The molecule has 1 atom stereocenters. The number of amides is 2. The van der Waals surface area contributed by atoms with E-state index >= 15 is 0 Å². The van der Waals surface area contributed by atoms with Crippen LogP contribution in [0.3, 0.4) is 0 Å². The molecule has 0 saturated heterocycles. The van der Waals surface area contributed by atoms with Crippen LogP contribution in [0.1, 0.15) is 24.5 Å². The van der Waals surface area contributed by atoms with Crippen molar-refractivity contribution < 1.29 is 14.7 Å². The van der Waals surface area contributed by atoms with Crippen LogP contribution in [0.4, 0.5) is 4.79 Å². The largest absolute Gasteiger partial charge is 0.480 e. The summed E-state index contributed by atoms with van der Waals surface area (Å²) in [5.41, 5.74) is 0.802. The zero-order valence-corrected chi connectivity index (χ0v) is 12.3. The molecule has 0 spiro atoms. The molecule has 0 aliphatic rings. The maximum Gasteiger partial charge on any atom is 0.326 e. The van der Waals surface area contributed by atoms with E-state index < -0.39 is 18.0 Å². The van der Waals surface area contributed by atoms with Crippen LogP contribution < -0.4 is 5.32 Å². The number of thiazole rings is 1. The third-order valence-electron chi connectivity index (χ3n) is 2.62. The van der Waals surface area contributed by atoms with Crippen molar-refractivity contribution in [1.29, 1.82) is 0 Å². The predicted octanol–water partition coefficient (Wildman–Crippen LogP) is 1.70. The molecule has 0 aliphatic carbocycles. The van der Waals surface area contributed by atoms with Gasteiger partial charge in [0.2, 0.25) is 0 Å². The summed E-state index contributed by atoms with van der Waals surface area (Å²) in [5, 5.41) is 14.4. The number of nitrogens with one attached hydrogen (secondary N) is 1. The molecule has 0 aliphatic heterocycles. The highest BCUT2D eigenvalue weighted by molar-refractivity contribution is 7.09. The van der Waals surface area contributed by atoms with E-state index in [0.29, 0.717) is 6.54 Å². The molecule has 1 aromatic rings. The number of hydrogen-bond acceptors (Lipinski definition) is 4. The van der Waals surface area contributed by atoms with Gasteiger partial charge >= 0.3 is 12.0 Å². The third kappa shape index (κ3) is 4.51. The molecule has 2 N–H and O–H groups in total. The Morgan fingerprint density at radius 1 is 1.53 bits per heavy atom. The normalized spacial score (nSPS) is 12.3. The Labute approximate surface area is 116 Å². The predicted molar refractivity (Wildman–Crippen MR) is 73.1 cm³/mol. The Balaban J connectivity index is 2.59. The molecule has 2 amide bonds. The minimum Gasteiger partial charge on any atom is -0.480 e. The van der Waals surface area contributed by atoms with E-state index in [1.165, 1.54) is 16.2 Å². The van der Waals surface area contributed by atoms with E-state index in [-0.39, 0.29) is 5.92 Å². The van der Waals surface area contributed by atoms with Gasteiger partial charge in [0.05, 0.1) is 17.2 Å². The van der Waals surface area contributed by atoms with E-state index in [1.807, 2.05) is 12.3 Å². The molecule has 0 aromatic carbocycles. The number of urea groups is 1. The van der Waals surface area contributed by atoms with Gasteiger partial charge in [0.1, 0.15) is 6.04 Å². The number of nitrogens with zero attached hydrogens (tertiary/aromatic N) is 2. The van der Waals surface area contributed by atoms with Crippen molar-refractivity contribution in [3.8, 4) is 0 Å². The molecule has 1 rings (SSSR count). The zero-order chi connectivity index (χ0) is 14.6. The fourth-order valence-electron chi connectivity index (χ4n) is 1.55. The van der Waals surface area contributed by atoms with Crippen LogP contribution in [0.5, 0.6) is 0 Å². The first kappa shape index (κ1) is 15.4. The van der Waals surface area contributed by atoms with E-state index in [2.05, 4.69) is 10.3 Å². The summed E-state index contributed by atoms with van der Waals surface area (Å²) in [6.07, 6.45) is 0. The van der Waals surface area contributed by atoms with E-state index in [0.717, 1.165) is 10.7 Å². The lowest BCUT2D eigenvalue weighted by molar-refractivity contribution is -0.140. The number of aryl methyl sites for hydroxylation is 1. The van der Waals surface area contributed by atoms with Crippen molar-refractivity contribution in [3.05, 3.63) is 16.1 Å². The van der Waals surface area contributed by atoms with Gasteiger partial charge < -0.3 is 15.3 Å². The summed E-state index contributed by atoms with van der Waals surface area (Å²) >= 11 is 1.52. The lowest BCUT2D eigenvalue weighted by Crippen LogP contribution is -2.48. The van der Waals surface area contributed by atoms with Gasteiger partial charge in [-0.25, -0.2) is 14.6 Å². The quantitative estimate of drug-likeness (QED) is 0.862. The number of carboxylic acids is 1. The second-order valence-corrected chi connectivity index (χ2v) is 5.79. The lowest BCUT2D eigenvalue weighted by Gasteiger charge is -2.22. The molecule has 1 unspecified atom stereocenters. The molecule has 0 saturated carbocycles. The molecule has 0 bridgehead atoms. The first-order valence-electron chi connectivity index (χ1n) is 5.96. The van der Waals surface area contributed by atoms with Crippen LogP contribution >= 0.6 is 11.3 Å². The Morgan fingerprint density at radius 2 is 2.16 bits per heavy atom. The van der Waals surface area contributed by atoms with E-state index in [4.69, 9.17) is 5.11 Å². The monoisotopic (exact) mass is 285 g/mol. The molecule has 1 heterocycles. The Kier molecular flexibility index (Phi) is 5.29. The van der Waals surface area contributed by atoms with Gasteiger partial charge in [0.15, 0.2) is 0 Å². The minimum atomic E-state index is -1.03. The average molecular weight is 285 g/mol. The van der Waals surface area contributed by atoms with Crippen LogP contribution in [0, 0.1) is 12.8 Å². The fourth-order valence-corrected chi connectivity index (χ4v) is 2.16. The molecule has 1 aromatic heterocycles. The topological polar surface area (TPSA) is 82.5 Å². The number of carbonyl (C=O) groups excluding carboxylic acids is 1. The highest BCUT2D eigenvalue weighted by Crippen LogP contribution is 2.10. The van der Waals surface area contributed by atoms with Gasteiger partial charge in [0, 0.05) is 12.4 Å². The number of hydrogen-bond donors (Lipinski definition) is 2. The van der Waals surface area contributed by atoms with Gasteiger partial charge in [0.25, 0.3) is 0 Å². The minimum absolute atomic E-state index is 0.170. The van der Waals surface area contributed by atoms with Crippen LogP contribution in [0.15, 0.2) is 5.38 Å². The van der Waals surface area contributed by atoms with Crippen LogP contribution in [-0.2, 0) is 11.3 Å². The average Bonchev–Trinajstić information content (AvgIpc) is 2.70. The van der Waals surface area contributed by atoms with E-state index in [9.17, 15) is 9.59 Å². The maximum absolute atomic E-state index is 11.9. The van der Waals surface area contributed by atoms with Crippen molar-refractivity contribution in [2.75, 3.05) is 7.05 Å². The Morgan fingerprint density at radius 3 is 2.58 bits per heavy atom. The van der Waals surface area contributed by atoms with E-state index in [1.54, 1.807) is 20.9 Å². The molecule has 0 radical (unpaired) electrons. The Bertz CT molecular complexity index is 459. The van der Waals surface area contributed by atoms with Crippen LogP contribution in [-0.4, -0.2) is 40.1 Å². The van der Waals surface area contributed by atoms with Crippen molar-refractivity contribution in [1.82, 2.24) is 15.2 Å². The standard InChI is InChI=1S/C12H19N3O3S/c1-7(2)10(11(16)17)14-12(18)15(4)5-9-6-19-8(3)13-9/h6-7,10H,5H2,1-4H3,(H,14,18)(H,16,17).